The Morgan fingerprint density at radius 1 is 0.958 bits per heavy atom. The van der Waals surface area contributed by atoms with Gasteiger partial charge in [0.15, 0.2) is 0 Å². The quantitative estimate of drug-likeness (QED) is 0.611. The summed E-state index contributed by atoms with van der Waals surface area (Å²) in [6, 6.07) is 19.2. The summed E-state index contributed by atoms with van der Waals surface area (Å²) in [7, 11) is 0. The Morgan fingerprint density at radius 3 is 2.62 bits per heavy atom. The monoisotopic (exact) mass is 322 g/mol. The van der Waals surface area contributed by atoms with Crippen LogP contribution in [-0.2, 0) is 0 Å². The molecule has 0 saturated carbocycles. The number of hydrogen-bond acceptors (Lipinski definition) is 3. The zero-order chi connectivity index (χ0) is 16.9. The van der Waals surface area contributed by atoms with Gasteiger partial charge in [0.2, 0.25) is 6.79 Å². The molecular formula is C21H22O3. The maximum Gasteiger partial charge on any atom is 0.230 e. The number of hydrogen-bond donors (Lipinski definition) is 1. The van der Waals surface area contributed by atoms with Crippen LogP contribution in [0.5, 0.6) is 17.2 Å². The van der Waals surface area contributed by atoms with Gasteiger partial charge >= 0.3 is 0 Å². The fourth-order valence-electron chi connectivity index (χ4n) is 2.67. The number of benzene rings is 3. The number of fused-ring (bicyclic) bond motifs is 1. The van der Waals surface area contributed by atoms with Gasteiger partial charge in [-0.05, 0) is 53.6 Å². The van der Waals surface area contributed by atoms with Gasteiger partial charge in [0.1, 0.15) is 17.2 Å². The minimum Gasteiger partial charge on any atom is -0.508 e. The lowest BCUT2D eigenvalue weighted by molar-refractivity contribution is 0.121. The zero-order valence-electron chi connectivity index (χ0n) is 14.0. The Balaban J connectivity index is 1.70. The molecule has 1 unspecified atom stereocenters. The molecule has 0 spiro atoms. The van der Waals surface area contributed by atoms with Crippen LogP contribution in [0.3, 0.4) is 0 Å². The highest BCUT2D eigenvalue weighted by Crippen LogP contribution is 2.29. The van der Waals surface area contributed by atoms with Crippen molar-refractivity contribution >= 4 is 10.8 Å². The smallest absolute Gasteiger partial charge is 0.230 e. The maximum atomic E-state index is 9.68. The Morgan fingerprint density at radius 2 is 1.79 bits per heavy atom. The highest BCUT2D eigenvalue weighted by atomic mass is 16.7. The van der Waals surface area contributed by atoms with Crippen molar-refractivity contribution in [3.8, 4) is 17.2 Å². The molecular weight excluding hydrogens is 300 g/mol. The van der Waals surface area contributed by atoms with Crippen LogP contribution < -0.4 is 9.47 Å². The van der Waals surface area contributed by atoms with E-state index in [1.807, 2.05) is 36.4 Å². The molecule has 24 heavy (non-hydrogen) atoms. The van der Waals surface area contributed by atoms with E-state index in [2.05, 4.69) is 26.0 Å². The fraction of sp³-hybridized carbons (Fsp3) is 0.238. The lowest BCUT2D eigenvalue weighted by Crippen LogP contribution is -2.06. The zero-order valence-corrected chi connectivity index (χ0v) is 14.0. The average molecular weight is 322 g/mol. The van der Waals surface area contributed by atoms with Crippen molar-refractivity contribution in [2.24, 2.45) is 0 Å². The molecule has 1 N–H and O–H groups in total. The Bertz CT molecular complexity index is 826. The van der Waals surface area contributed by atoms with Crippen LogP contribution in [0, 0.1) is 0 Å². The maximum absolute atomic E-state index is 9.68. The molecule has 0 amide bonds. The highest BCUT2D eigenvalue weighted by Gasteiger charge is 2.06. The fourth-order valence-corrected chi connectivity index (χ4v) is 2.67. The molecule has 0 aliphatic rings. The van der Waals surface area contributed by atoms with E-state index < -0.39 is 0 Å². The van der Waals surface area contributed by atoms with E-state index in [4.69, 9.17) is 9.47 Å². The normalized spacial score (nSPS) is 12.1. The van der Waals surface area contributed by atoms with Gasteiger partial charge in [-0.3, -0.25) is 0 Å². The van der Waals surface area contributed by atoms with E-state index in [1.54, 1.807) is 12.1 Å². The number of ether oxygens (including phenoxy) is 2. The van der Waals surface area contributed by atoms with Crippen molar-refractivity contribution in [3.63, 3.8) is 0 Å². The predicted molar refractivity (Wildman–Crippen MR) is 96.9 cm³/mol. The molecule has 3 rings (SSSR count). The number of phenolic OH excluding ortho intramolecular Hbond substituents is 1. The third-order valence-electron chi connectivity index (χ3n) is 4.31. The molecule has 0 aromatic heterocycles. The van der Waals surface area contributed by atoms with Crippen molar-refractivity contribution < 1.29 is 14.6 Å². The van der Waals surface area contributed by atoms with Gasteiger partial charge in [-0.2, -0.15) is 0 Å². The highest BCUT2D eigenvalue weighted by molar-refractivity contribution is 5.89. The van der Waals surface area contributed by atoms with Crippen LogP contribution in [-0.4, -0.2) is 11.9 Å². The molecule has 0 radical (unpaired) electrons. The van der Waals surface area contributed by atoms with Crippen molar-refractivity contribution in [3.05, 3.63) is 66.2 Å². The molecule has 1 atom stereocenters. The van der Waals surface area contributed by atoms with Gasteiger partial charge in [-0.25, -0.2) is 0 Å². The second-order valence-electron chi connectivity index (χ2n) is 5.95. The lowest BCUT2D eigenvalue weighted by atomic mass is 9.99. The van der Waals surface area contributed by atoms with Crippen molar-refractivity contribution in [1.82, 2.24) is 0 Å². The van der Waals surface area contributed by atoms with Crippen molar-refractivity contribution in [2.45, 2.75) is 26.2 Å². The Labute approximate surface area is 142 Å². The molecule has 0 aliphatic heterocycles. The summed E-state index contributed by atoms with van der Waals surface area (Å²) >= 11 is 0. The van der Waals surface area contributed by atoms with Crippen LogP contribution >= 0.6 is 0 Å². The van der Waals surface area contributed by atoms with Gasteiger partial charge in [-0.1, -0.05) is 44.2 Å². The minimum absolute atomic E-state index is 0.124. The molecule has 3 aromatic rings. The summed E-state index contributed by atoms with van der Waals surface area (Å²) in [5.41, 5.74) is 1.27. The molecule has 0 bridgehead atoms. The van der Waals surface area contributed by atoms with E-state index in [0.717, 1.165) is 22.9 Å². The van der Waals surface area contributed by atoms with Gasteiger partial charge < -0.3 is 14.6 Å². The number of rotatable bonds is 6. The first-order valence-electron chi connectivity index (χ1n) is 8.24. The van der Waals surface area contributed by atoms with Crippen LogP contribution in [0.25, 0.3) is 10.8 Å². The molecule has 124 valence electrons. The second kappa shape index (κ2) is 7.26. The third kappa shape index (κ3) is 3.62. The van der Waals surface area contributed by atoms with Crippen molar-refractivity contribution in [2.75, 3.05) is 6.79 Å². The summed E-state index contributed by atoms with van der Waals surface area (Å²) in [5, 5.41) is 11.6. The Hall–Kier alpha value is -2.68. The molecule has 0 saturated heterocycles. The molecule has 0 heterocycles. The molecule has 0 aliphatic carbocycles. The van der Waals surface area contributed by atoms with Crippen LogP contribution in [0.15, 0.2) is 60.7 Å². The van der Waals surface area contributed by atoms with Crippen LogP contribution in [0.1, 0.15) is 31.7 Å². The SMILES string of the molecule is CCC(C)c1cccc(OCOc2cccc3ccc(O)cc23)c1. The second-order valence-corrected chi connectivity index (χ2v) is 5.95. The van der Waals surface area contributed by atoms with E-state index in [9.17, 15) is 5.11 Å². The molecule has 3 heteroatoms. The molecule has 0 fully saturated rings. The van der Waals surface area contributed by atoms with E-state index >= 15 is 0 Å². The van der Waals surface area contributed by atoms with Gasteiger partial charge in [0.25, 0.3) is 0 Å². The summed E-state index contributed by atoms with van der Waals surface area (Å²) < 4.78 is 11.5. The van der Waals surface area contributed by atoms with E-state index in [0.29, 0.717) is 11.7 Å². The number of phenols is 1. The Kier molecular flexibility index (Phi) is 4.90. The lowest BCUT2D eigenvalue weighted by Gasteiger charge is -2.13. The largest absolute Gasteiger partial charge is 0.508 e. The van der Waals surface area contributed by atoms with E-state index in [-0.39, 0.29) is 12.5 Å². The molecule has 3 nitrogen and oxygen atoms in total. The first-order chi connectivity index (χ1) is 11.7. The summed E-state index contributed by atoms with van der Waals surface area (Å²) in [6.07, 6.45) is 1.10. The third-order valence-corrected chi connectivity index (χ3v) is 4.31. The predicted octanol–water partition coefficient (Wildman–Crippen LogP) is 5.47. The van der Waals surface area contributed by atoms with Crippen LogP contribution in [0.4, 0.5) is 0 Å². The van der Waals surface area contributed by atoms with Gasteiger partial charge in [0.05, 0.1) is 0 Å². The van der Waals surface area contributed by atoms with Crippen LogP contribution in [0.2, 0.25) is 0 Å². The number of aromatic hydroxyl groups is 1. The summed E-state index contributed by atoms with van der Waals surface area (Å²) in [5.74, 6) is 2.23. The van der Waals surface area contributed by atoms with E-state index in [1.165, 1.54) is 5.56 Å². The van der Waals surface area contributed by atoms with Gasteiger partial charge in [-0.15, -0.1) is 0 Å². The van der Waals surface area contributed by atoms with Gasteiger partial charge in [0, 0.05) is 5.39 Å². The molecule has 3 aromatic carbocycles. The summed E-state index contributed by atoms with van der Waals surface area (Å²) in [4.78, 5) is 0. The topological polar surface area (TPSA) is 38.7 Å². The summed E-state index contributed by atoms with van der Waals surface area (Å²) in [6.45, 7) is 4.51. The standard InChI is InChI=1S/C21H22O3/c1-3-15(2)17-7-4-8-19(12-17)23-14-24-21-9-5-6-16-10-11-18(22)13-20(16)21/h4-13,15,22H,3,14H2,1-2H3. The first-order valence-corrected chi connectivity index (χ1v) is 8.24. The van der Waals surface area contributed by atoms with Crippen molar-refractivity contribution in [1.29, 1.82) is 0 Å². The average Bonchev–Trinajstić information content (AvgIpc) is 2.61. The first kappa shape index (κ1) is 16.2. The minimum atomic E-state index is 0.124.